The molecule has 2 aromatic rings. The van der Waals surface area contributed by atoms with Crippen molar-refractivity contribution < 1.29 is 9.90 Å². The van der Waals surface area contributed by atoms with E-state index in [-0.39, 0.29) is 12.2 Å². The van der Waals surface area contributed by atoms with Gasteiger partial charge in [-0.1, -0.05) is 58.4 Å². The Morgan fingerprint density at radius 2 is 1.42 bits per heavy atom. The van der Waals surface area contributed by atoms with E-state index in [0.29, 0.717) is 0 Å². The van der Waals surface area contributed by atoms with E-state index in [0.717, 1.165) is 15.6 Å². The maximum atomic E-state index is 8.25. The first kappa shape index (κ1) is 17.3. The summed E-state index contributed by atoms with van der Waals surface area (Å²) >= 11 is 3.41. The van der Waals surface area contributed by atoms with Gasteiger partial charge in [0.25, 0.3) is 0 Å². The molecule has 0 amide bonds. The summed E-state index contributed by atoms with van der Waals surface area (Å²) in [5, 5.41) is 8.25. The molecule has 2 aromatic carbocycles. The minimum Gasteiger partial charge on any atom is -0.554 e. The zero-order valence-electron chi connectivity index (χ0n) is 10.6. The topological polar surface area (TPSA) is 103 Å². The van der Waals surface area contributed by atoms with E-state index < -0.39 is 6.47 Å². The monoisotopic (exact) mass is 324 g/mol. The van der Waals surface area contributed by atoms with Crippen LogP contribution in [-0.2, 0) is 4.79 Å². The van der Waals surface area contributed by atoms with Crippen LogP contribution in [-0.4, -0.2) is 6.47 Å². The molecule has 5 heteroatoms. The average Bonchev–Trinajstić information content (AvgIpc) is 2.41. The van der Waals surface area contributed by atoms with Crippen molar-refractivity contribution in [1.29, 1.82) is 0 Å². The van der Waals surface area contributed by atoms with Gasteiger partial charge in [0.1, 0.15) is 0 Å². The fourth-order valence-corrected chi connectivity index (χ4v) is 1.79. The molecule has 102 valence electrons. The quantitative estimate of drug-likeness (QED) is 0.828. The highest BCUT2D eigenvalue weighted by Crippen LogP contribution is 2.20. The molecule has 0 fully saturated rings. The van der Waals surface area contributed by atoms with Gasteiger partial charge in [-0.25, -0.2) is 0 Å². The summed E-state index contributed by atoms with van der Waals surface area (Å²) in [6.07, 6.45) is 0. The van der Waals surface area contributed by atoms with Crippen LogP contribution in [0.3, 0.4) is 0 Å². The van der Waals surface area contributed by atoms with E-state index in [1.807, 2.05) is 54.6 Å². The summed E-state index contributed by atoms with van der Waals surface area (Å²) in [6.45, 7) is -0.500. The van der Waals surface area contributed by atoms with Crippen molar-refractivity contribution in [2.45, 2.75) is 6.04 Å². The van der Waals surface area contributed by atoms with Crippen molar-refractivity contribution in [3.8, 4) is 0 Å². The minimum absolute atomic E-state index is 0. The number of nitrogens with two attached hydrogens (primary N) is 1. The molecule has 6 N–H and O–H groups in total. The molecular weight excluding hydrogens is 308 g/mol. The molecule has 0 aliphatic rings. The number of hydrogen-bond acceptors (Lipinski definition) is 3. The van der Waals surface area contributed by atoms with Gasteiger partial charge in [0.2, 0.25) is 0 Å². The van der Waals surface area contributed by atoms with Crippen molar-refractivity contribution in [3.05, 3.63) is 70.2 Å². The third-order valence-corrected chi connectivity index (χ3v) is 2.92. The second-order valence-electron chi connectivity index (χ2n) is 3.54. The predicted octanol–water partition coefficient (Wildman–Crippen LogP) is 2.24. The van der Waals surface area contributed by atoms with E-state index >= 15 is 0 Å². The Morgan fingerprint density at radius 1 is 1.00 bits per heavy atom. The van der Waals surface area contributed by atoms with Crippen LogP contribution in [0.25, 0.3) is 0 Å². The van der Waals surface area contributed by atoms with E-state index in [1.165, 1.54) is 0 Å². The predicted molar refractivity (Wildman–Crippen MR) is 78.7 cm³/mol. The fourth-order valence-electron chi connectivity index (χ4n) is 1.52. The minimum atomic E-state index is -0.500. The Hall–Kier alpha value is -1.69. The highest BCUT2D eigenvalue weighted by Gasteiger charge is 2.07. The molecule has 0 aliphatic heterocycles. The Balaban J connectivity index is 0.000000742. The number of halogens is 1. The first-order valence-electron chi connectivity index (χ1n) is 5.30. The van der Waals surface area contributed by atoms with E-state index in [2.05, 4.69) is 15.9 Å². The molecule has 0 radical (unpaired) electrons. The van der Waals surface area contributed by atoms with Crippen LogP contribution in [0.2, 0.25) is 0 Å². The summed E-state index contributed by atoms with van der Waals surface area (Å²) in [7, 11) is 0. The molecule has 0 saturated carbocycles. The summed E-state index contributed by atoms with van der Waals surface area (Å²) in [5.74, 6) is 0. The maximum Gasteiger partial charge on any atom is 0.0551 e. The number of carbonyl (C=O) groups excluding carboxylic acids is 1. The lowest BCUT2D eigenvalue weighted by Crippen LogP contribution is -2.11. The average molecular weight is 325 g/mol. The lowest BCUT2D eigenvalue weighted by Gasteiger charge is -2.12. The van der Waals surface area contributed by atoms with Crippen molar-refractivity contribution in [3.63, 3.8) is 0 Å². The molecule has 1 unspecified atom stereocenters. The Morgan fingerprint density at radius 3 is 1.89 bits per heavy atom. The summed E-state index contributed by atoms with van der Waals surface area (Å²) in [6, 6.07) is 18.2. The zero-order chi connectivity index (χ0) is 13.4. The third-order valence-electron chi connectivity index (χ3n) is 2.39. The summed E-state index contributed by atoms with van der Waals surface area (Å²) in [5.41, 5.74) is 8.42. The standard InChI is InChI=1S/C13H12BrN.CH2O2.H3N/c14-12-8-6-11(7-9-12)13(15)10-4-2-1-3-5-10;2-1-3;/h1-9,13H,15H2;1H,(H,2,3);1H3. The van der Waals surface area contributed by atoms with E-state index in [9.17, 15) is 0 Å². The molecule has 1 atom stereocenters. The van der Waals surface area contributed by atoms with Crippen molar-refractivity contribution in [1.82, 2.24) is 6.15 Å². The normalized spacial score (nSPS) is 10.4. The van der Waals surface area contributed by atoms with Gasteiger partial charge in [-0.3, -0.25) is 0 Å². The van der Waals surface area contributed by atoms with Crippen molar-refractivity contribution in [2.24, 2.45) is 5.73 Å². The molecule has 0 aliphatic carbocycles. The van der Waals surface area contributed by atoms with Gasteiger partial charge in [-0.15, -0.1) is 0 Å². The molecule has 0 aromatic heterocycles. The number of benzene rings is 2. The number of rotatable bonds is 2. The number of hydrogen-bond donors (Lipinski definition) is 2. The Bertz CT molecular complexity index is 475. The van der Waals surface area contributed by atoms with Crippen LogP contribution >= 0.6 is 15.9 Å². The van der Waals surface area contributed by atoms with Gasteiger partial charge in [0.05, 0.1) is 6.04 Å². The molecular formula is C14H17BrN2O2. The summed E-state index contributed by atoms with van der Waals surface area (Å²) in [4.78, 5) is 8.25. The number of quaternary nitrogens is 1. The fraction of sp³-hybridized carbons (Fsp3) is 0.0714. The van der Waals surface area contributed by atoms with Gasteiger partial charge in [0, 0.05) is 10.9 Å². The lowest BCUT2D eigenvalue weighted by atomic mass is 10.00. The van der Waals surface area contributed by atoms with Crippen molar-refractivity contribution in [2.75, 3.05) is 0 Å². The first-order chi connectivity index (χ1) is 8.69. The van der Waals surface area contributed by atoms with Crippen molar-refractivity contribution >= 4 is 22.4 Å². The van der Waals surface area contributed by atoms with Crippen LogP contribution in [0.15, 0.2) is 59.1 Å². The molecule has 0 heterocycles. The van der Waals surface area contributed by atoms with E-state index in [4.69, 9.17) is 15.6 Å². The van der Waals surface area contributed by atoms with Crippen LogP contribution in [0.5, 0.6) is 0 Å². The molecule has 19 heavy (non-hydrogen) atoms. The Kier molecular flexibility index (Phi) is 8.44. The third kappa shape index (κ3) is 5.65. The van der Waals surface area contributed by atoms with Crippen LogP contribution < -0.4 is 17.0 Å². The molecule has 2 rings (SSSR count). The first-order valence-corrected chi connectivity index (χ1v) is 6.10. The molecule has 0 saturated heterocycles. The van der Waals surface area contributed by atoms with Gasteiger partial charge in [0.15, 0.2) is 0 Å². The zero-order valence-corrected chi connectivity index (χ0v) is 12.2. The van der Waals surface area contributed by atoms with Crippen LogP contribution in [0.4, 0.5) is 0 Å². The second-order valence-corrected chi connectivity index (χ2v) is 4.45. The van der Waals surface area contributed by atoms with E-state index in [1.54, 1.807) is 0 Å². The van der Waals surface area contributed by atoms with Gasteiger partial charge < -0.3 is 21.8 Å². The van der Waals surface area contributed by atoms with Gasteiger partial charge in [-0.05, 0) is 23.3 Å². The molecule has 4 nitrogen and oxygen atoms in total. The maximum absolute atomic E-state index is 8.25. The largest absolute Gasteiger partial charge is 0.554 e. The highest BCUT2D eigenvalue weighted by molar-refractivity contribution is 9.10. The lowest BCUT2D eigenvalue weighted by molar-refractivity contribution is -0.283. The van der Waals surface area contributed by atoms with Crippen LogP contribution in [0, 0.1) is 0 Å². The smallest absolute Gasteiger partial charge is 0.0551 e. The Labute approximate surface area is 121 Å². The highest BCUT2D eigenvalue weighted by atomic mass is 79.9. The molecule has 0 spiro atoms. The van der Waals surface area contributed by atoms with Crippen LogP contribution in [0.1, 0.15) is 17.2 Å². The van der Waals surface area contributed by atoms with Gasteiger partial charge >= 0.3 is 0 Å². The molecule has 0 bridgehead atoms. The number of carbonyl (C=O) groups is 1. The number of carboxylic acid groups (broad SMARTS) is 1. The SMILES string of the molecule is NC(c1ccccc1)c1ccc(Br)cc1.O=C[O-].[NH4+]. The second kappa shape index (κ2) is 9.27. The summed E-state index contributed by atoms with van der Waals surface area (Å²) < 4.78 is 1.08. The van der Waals surface area contributed by atoms with Gasteiger partial charge in [-0.2, -0.15) is 0 Å².